The van der Waals surface area contributed by atoms with Crippen LogP contribution in [-0.2, 0) is 13.0 Å². The van der Waals surface area contributed by atoms with Crippen LogP contribution in [0.1, 0.15) is 42.3 Å². The molecule has 0 amide bonds. The van der Waals surface area contributed by atoms with Crippen LogP contribution in [0.3, 0.4) is 0 Å². The summed E-state index contributed by atoms with van der Waals surface area (Å²) in [7, 11) is 2.15. The molecule has 28 heavy (non-hydrogen) atoms. The summed E-state index contributed by atoms with van der Waals surface area (Å²) >= 11 is 0. The number of likely N-dealkylation sites (tertiary alicyclic amines) is 1. The Labute approximate surface area is 166 Å². The predicted molar refractivity (Wildman–Crippen MR) is 107 cm³/mol. The number of ether oxygens (including phenoxy) is 1. The van der Waals surface area contributed by atoms with E-state index in [1.165, 1.54) is 36.2 Å². The summed E-state index contributed by atoms with van der Waals surface area (Å²) in [5, 5.41) is 0. The van der Waals surface area contributed by atoms with Crippen LogP contribution in [-0.4, -0.2) is 59.6 Å². The maximum atomic E-state index is 12.9. The highest BCUT2D eigenvalue weighted by Gasteiger charge is 2.25. The quantitative estimate of drug-likeness (QED) is 0.715. The molecule has 1 atom stereocenters. The number of benzene rings is 1. The van der Waals surface area contributed by atoms with Crippen LogP contribution < -0.4 is 4.74 Å². The molecule has 2 aliphatic heterocycles. The highest BCUT2D eigenvalue weighted by Crippen LogP contribution is 2.26. The molecule has 0 radical (unpaired) electrons. The fraction of sp³-hybridized carbons (Fsp3) is 0.545. The van der Waals surface area contributed by atoms with Crippen molar-refractivity contribution in [2.24, 2.45) is 0 Å². The van der Waals surface area contributed by atoms with Gasteiger partial charge >= 0.3 is 0 Å². The molecule has 0 aliphatic carbocycles. The minimum atomic E-state index is -0.233. The Balaban J connectivity index is 1.27. The SMILES string of the molecule is CN1CCc2nc([C@H]3CCCN(CCCOc4ccc(F)cc4)C3)ncc2C1. The van der Waals surface area contributed by atoms with Crippen molar-refractivity contribution in [3.05, 3.63) is 53.4 Å². The lowest BCUT2D eigenvalue weighted by Crippen LogP contribution is -2.36. The number of rotatable bonds is 6. The van der Waals surface area contributed by atoms with Crippen molar-refractivity contribution in [3.8, 4) is 5.75 Å². The van der Waals surface area contributed by atoms with Gasteiger partial charge in [0.15, 0.2) is 0 Å². The summed E-state index contributed by atoms with van der Waals surface area (Å²) < 4.78 is 18.6. The number of hydrogen-bond donors (Lipinski definition) is 0. The van der Waals surface area contributed by atoms with E-state index in [1.54, 1.807) is 12.1 Å². The average Bonchev–Trinajstić information content (AvgIpc) is 2.72. The van der Waals surface area contributed by atoms with Gasteiger partial charge in [0.25, 0.3) is 0 Å². The summed E-state index contributed by atoms with van der Waals surface area (Å²) in [4.78, 5) is 14.5. The van der Waals surface area contributed by atoms with Crippen molar-refractivity contribution in [1.82, 2.24) is 19.8 Å². The van der Waals surface area contributed by atoms with Crippen LogP contribution in [0.25, 0.3) is 0 Å². The van der Waals surface area contributed by atoms with Crippen LogP contribution in [0.4, 0.5) is 4.39 Å². The van der Waals surface area contributed by atoms with Gasteiger partial charge in [0.05, 0.1) is 6.61 Å². The van der Waals surface area contributed by atoms with E-state index in [2.05, 4.69) is 16.8 Å². The minimum absolute atomic E-state index is 0.233. The fourth-order valence-electron chi connectivity index (χ4n) is 4.15. The lowest BCUT2D eigenvalue weighted by Gasteiger charge is -2.32. The van der Waals surface area contributed by atoms with Crippen LogP contribution in [0.5, 0.6) is 5.75 Å². The Hall–Kier alpha value is -2.05. The van der Waals surface area contributed by atoms with Crippen LogP contribution in [0, 0.1) is 5.82 Å². The van der Waals surface area contributed by atoms with Crippen molar-refractivity contribution in [2.45, 2.75) is 38.1 Å². The van der Waals surface area contributed by atoms with Crippen molar-refractivity contribution < 1.29 is 9.13 Å². The Morgan fingerprint density at radius 3 is 2.93 bits per heavy atom. The van der Waals surface area contributed by atoms with E-state index < -0.39 is 0 Å². The van der Waals surface area contributed by atoms with Crippen LogP contribution in [0.2, 0.25) is 0 Å². The number of nitrogens with zero attached hydrogens (tertiary/aromatic N) is 4. The summed E-state index contributed by atoms with van der Waals surface area (Å²) in [5.74, 6) is 1.95. The standard InChI is InChI=1S/C22H29FN4O/c1-26-12-9-21-18(15-26)14-24-22(25-21)17-4-2-10-27(16-17)11-3-13-28-20-7-5-19(23)6-8-20/h5-8,14,17H,2-4,9-13,15-16H2,1H3/t17-/m0/s1. The maximum Gasteiger partial charge on any atom is 0.132 e. The molecule has 5 nitrogen and oxygen atoms in total. The van der Waals surface area contributed by atoms with Crippen LogP contribution in [0.15, 0.2) is 30.5 Å². The van der Waals surface area contributed by atoms with Gasteiger partial charge in [0, 0.05) is 56.0 Å². The Kier molecular flexibility index (Phi) is 6.17. The molecule has 1 aromatic heterocycles. The Morgan fingerprint density at radius 2 is 2.07 bits per heavy atom. The maximum absolute atomic E-state index is 12.9. The largest absolute Gasteiger partial charge is 0.494 e. The molecule has 1 aromatic carbocycles. The lowest BCUT2D eigenvalue weighted by molar-refractivity contribution is 0.186. The number of hydrogen-bond acceptors (Lipinski definition) is 5. The van der Waals surface area contributed by atoms with Crippen molar-refractivity contribution >= 4 is 0 Å². The zero-order chi connectivity index (χ0) is 19.3. The molecule has 1 saturated heterocycles. The molecule has 4 rings (SSSR count). The van der Waals surface area contributed by atoms with E-state index in [1.807, 2.05) is 6.20 Å². The minimum Gasteiger partial charge on any atom is -0.494 e. The number of aromatic nitrogens is 2. The normalized spacial score (nSPS) is 20.7. The molecular weight excluding hydrogens is 355 g/mol. The Bertz CT molecular complexity index is 783. The smallest absolute Gasteiger partial charge is 0.132 e. The molecule has 150 valence electrons. The summed E-state index contributed by atoms with van der Waals surface area (Å²) in [6, 6.07) is 6.22. The first kappa shape index (κ1) is 19.3. The number of fused-ring (bicyclic) bond motifs is 1. The zero-order valence-corrected chi connectivity index (χ0v) is 16.6. The van der Waals surface area contributed by atoms with E-state index in [0.29, 0.717) is 12.5 Å². The molecule has 6 heteroatoms. The molecule has 0 bridgehead atoms. The first-order chi connectivity index (χ1) is 13.7. The molecule has 0 saturated carbocycles. The molecular formula is C22H29FN4O. The van der Waals surface area contributed by atoms with E-state index >= 15 is 0 Å². The second-order valence-electron chi connectivity index (χ2n) is 7.98. The van der Waals surface area contributed by atoms with Gasteiger partial charge in [-0.3, -0.25) is 0 Å². The van der Waals surface area contributed by atoms with Gasteiger partial charge < -0.3 is 14.5 Å². The summed E-state index contributed by atoms with van der Waals surface area (Å²) in [6.45, 7) is 5.84. The van der Waals surface area contributed by atoms with Gasteiger partial charge in [-0.1, -0.05) is 0 Å². The number of likely N-dealkylation sites (N-methyl/N-ethyl adjacent to an activating group) is 1. The van der Waals surface area contributed by atoms with Crippen molar-refractivity contribution in [1.29, 1.82) is 0 Å². The molecule has 0 N–H and O–H groups in total. The first-order valence-electron chi connectivity index (χ1n) is 10.3. The molecule has 1 fully saturated rings. The van der Waals surface area contributed by atoms with Crippen molar-refractivity contribution in [2.75, 3.05) is 39.8 Å². The van der Waals surface area contributed by atoms with Gasteiger partial charge in [-0.2, -0.15) is 0 Å². The van der Waals surface area contributed by atoms with E-state index in [-0.39, 0.29) is 5.82 Å². The van der Waals surface area contributed by atoms with Crippen LogP contribution >= 0.6 is 0 Å². The van der Waals surface area contributed by atoms with E-state index in [4.69, 9.17) is 14.7 Å². The second-order valence-corrected chi connectivity index (χ2v) is 7.98. The first-order valence-corrected chi connectivity index (χ1v) is 10.3. The molecule has 0 unspecified atom stereocenters. The van der Waals surface area contributed by atoms with Gasteiger partial charge in [-0.25, -0.2) is 14.4 Å². The average molecular weight is 384 g/mol. The van der Waals surface area contributed by atoms with E-state index in [9.17, 15) is 4.39 Å². The molecule has 3 heterocycles. The summed E-state index contributed by atoms with van der Waals surface area (Å²) in [6.07, 6.45) is 6.39. The molecule has 2 aromatic rings. The van der Waals surface area contributed by atoms with E-state index in [0.717, 1.165) is 57.1 Å². The molecule has 2 aliphatic rings. The second kappa shape index (κ2) is 8.97. The third-order valence-corrected chi connectivity index (χ3v) is 5.72. The third kappa shape index (κ3) is 4.86. The van der Waals surface area contributed by atoms with Gasteiger partial charge in [0.2, 0.25) is 0 Å². The number of piperidine rings is 1. The Morgan fingerprint density at radius 1 is 1.21 bits per heavy atom. The van der Waals surface area contributed by atoms with Gasteiger partial charge in [-0.15, -0.1) is 0 Å². The van der Waals surface area contributed by atoms with Gasteiger partial charge in [-0.05, 0) is 57.1 Å². The fourth-order valence-corrected chi connectivity index (χ4v) is 4.15. The monoisotopic (exact) mass is 384 g/mol. The predicted octanol–water partition coefficient (Wildman–Crippen LogP) is 3.25. The zero-order valence-electron chi connectivity index (χ0n) is 16.6. The third-order valence-electron chi connectivity index (χ3n) is 5.72. The highest BCUT2D eigenvalue weighted by atomic mass is 19.1. The van der Waals surface area contributed by atoms with Crippen molar-refractivity contribution in [3.63, 3.8) is 0 Å². The summed E-state index contributed by atoms with van der Waals surface area (Å²) in [5.41, 5.74) is 2.52. The topological polar surface area (TPSA) is 41.5 Å². The highest BCUT2D eigenvalue weighted by molar-refractivity contribution is 5.22. The lowest BCUT2D eigenvalue weighted by atomic mass is 9.96. The number of halogens is 1. The van der Waals surface area contributed by atoms with Gasteiger partial charge in [0.1, 0.15) is 17.4 Å². The molecule has 0 spiro atoms.